The quantitative estimate of drug-likeness (QED) is 0.686. The highest BCUT2D eigenvalue weighted by atomic mass is 32.2. The summed E-state index contributed by atoms with van der Waals surface area (Å²) in [6.07, 6.45) is 3.15. The van der Waals surface area contributed by atoms with Gasteiger partial charge in [0.25, 0.3) is 10.1 Å². The fraction of sp³-hybridized carbons (Fsp3) is 1.00. The maximum absolute atomic E-state index is 11.2. The Morgan fingerprint density at radius 2 is 1.85 bits per heavy atom. The van der Waals surface area contributed by atoms with Gasteiger partial charge in [-0.05, 0) is 12.8 Å². The molecule has 6 heteroatoms. The smallest absolute Gasteiger partial charge is 0.284 e. The van der Waals surface area contributed by atoms with E-state index in [1.165, 1.54) is 5.06 Å². The molecule has 1 aliphatic heterocycles. The Morgan fingerprint density at radius 1 is 1.23 bits per heavy atom. The number of nitrogens with zero attached hydrogens (tertiary/aromatic N) is 1. The van der Waals surface area contributed by atoms with Crippen molar-refractivity contribution in [1.82, 2.24) is 5.06 Å². The van der Waals surface area contributed by atoms with Gasteiger partial charge >= 0.3 is 0 Å². The van der Waals surface area contributed by atoms with Crippen LogP contribution in [0.3, 0.4) is 0 Å². The first-order chi connectivity index (χ1) is 6.14. The molecular weight excluding hydrogens is 192 g/mol. The summed E-state index contributed by atoms with van der Waals surface area (Å²) in [5.74, 6) is -0.108. The molecule has 1 heterocycles. The molecule has 0 radical (unpaired) electrons. The topological polar surface area (TPSA) is 72.6 Å². The number of hydrogen-bond acceptors (Lipinski definition) is 5. The lowest BCUT2D eigenvalue weighted by Crippen LogP contribution is -2.34. The van der Waals surface area contributed by atoms with Crippen LogP contribution in [0.15, 0.2) is 0 Å². The molecule has 1 rings (SSSR count). The zero-order valence-corrected chi connectivity index (χ0v) is 8.42. The third-order valence-electron chi connectivity index (χ3n) is 1.90. The Balaban J connectivity index is 2.37. The van der Waals surface area contributed by atoms with Crippen LogP contribution in [0.25, 0.3) is 0 Å². The zero-order valence-electron chi connectivity index (χ0n) is 7.61. The summed E-state index contributed by atoms with van der Waals surface area (Å²) < 4.78 is 27.2. The number of rotatable bonds is 4. The van der Waals surface area contributed by atoms with Crippen molar-refractivity contribution in [2.75, 3.05) is 25.4 Å². The lowest BCUT2D eigenvalue weighted by molar-refractivity contribution is -0.0652. The van der Waals surface area contributed by atoms with E-state index >= 15 is 0 Å². The van der Waals surface area contributed by atoms with Crippen LogP contribution in [0.4, 0.5) is 0 Å². The molecule has 2 N–H and O–H groups in total. The number of hydroxylamine groups is 2. The van der Waals surface area contributed by atoms with Crippen molar-refractivity contribution in [3.05, 3.63) is 0 Å². The number of piperidine rings is 1. The molecule has 0 spiro atoms. The predicted molar refractivity (Wildman–Crippen MR) is 49.4 cm³/mol. The SMILES string of the molecule is NCCS(=O)(=O)ON1CCCCC1. The van der Waals surface area contributed by atoms with E-state index in [-0.39, 0.29) is 12.3 Å². The van der Waals surface area contributed by atoms with Gasteiger partial charge in [0.1, 0.15) is 0 Å². The Labute approximate surface area is 78.9 Å². The molecule has 0 aromatic rings. The zero-order chi connectivity index (χ0) is 9.73. The second kappa shape index (κ2) is 4.90. The minimum atomic E-state index is -3.43. The van der Waals surface area contributed by atoms with E-state index < -0.39 is 10.1 Å². The van der Waals surface area contributed by atoms with Crippen LogP contribution >= 0.6 is 0 Å². The van der Waals surface area contributed by atoms with Gasteiger partial charge in [-0.25, -0.2) is 0 Å². The van der Waals surface area contributed by atoms with Crippen molar-refractivity contribution in [1.29, 1.82) is 0 Å². The van der Waals surface area contributed by atoms with Gasteiger partial charge in [0.05, 0.1) is 5.75 Å². The van der Waals surface area contributed by atoms with E-state index in [2.05, 4.69) is 0 Å². The summed E-state index contributed by atoms with van der Waals surface area (Å²) in [6, 6.07) is 0. The minimum absolute atomic E-state index is 0.107. The van der Waals surface area contributed by atoms with E-state index in [0.717, 1.165) is 19.3 Å². The minimum Gasteiger partial charge on any atom is -0.329 e. The summed E-state index contributed by atoms with van der Waals surface area (Å²) in [7, 11) is -3.43. The second-order valence-electron chi connectivity index (χ2n) is 3.11. The summed E-state index contributed by atoms with van der Waals surface area (Å²) in [6.45, 7) is 1.50. The first-order valence-corrected chi connectivity index (χ1v) is 6.09. The van der Waals surface area contributed by atoms with Crippen molar-refractivity contribution >= 4 is 10.1 Å². The molecule has 1 aliphatic rings. The van der Waals surface area contributed by atoms with Crippen LogP contribution in [0.1, 0.15) is 19.3 Å². The highest BCUT2D eigenvalue weighted by molar-refractivity contribution is 7.86. The molecule has 0 unspecified atom stereocenters. The fourth-order valence-electron chi connectivity index (χ4n) is 1.28. The number of nitrogens with two attached hydrogens (primary N) is 1. The Morgan fingerprint density at radius 3 is 2.38 bits per heavy atom. The molecule has 0 aromatic heterocycles. The molecule has 1 fully saturated rings. The van der Waals surface area contributed by atoms with Crippen LogP contribution in [0, 0.1) is 0 Å². The fourth-order valence-corrected chi connectivity index (χ4v) is 2.12. The van der Waals surface area contributed by atoms with E-state index in [4.69, 9.17) is 10.0 Å². The van der Waals surface area contributed by atoms with Gasteiger partial charge in [-0.15, -0.1) is 0 Å². The molecule has 0 aromatic carbocycles. The Bertz CT molecular complexity index is 234. The third-order valence-corrected chi connectivity index (χ3v) is 3.08. The first-order valence-electron chi connectivity index (χ1n) is 4.51. The summed E-state index contributed by atoms with van der Waals surface area (Å²) in [5.41, 5.74) is 5.14. The molecule has 78 valence electrons. The van der Waals surface area contributed by atoms with Gasteiger partial charge in [-0.3, -0.25) is 0 Å². The van der Waals surface area contributed by atoms with Gasteiger partial charge in [-0.2, -0.15) is 17.8 Å². The van der Waals surface area contributed by atoms with Crippen LogP contribution in [-0.4, -0.2) is 38.9 Å². The van der Waals surface area contributed by atoms with E-state index in [1.807, 2.05) is 0 Å². The third kappa shape index (κ3) is 4.04. The lowest BCUT2D eigenvalue weighted by Gasteiger charge is -2.24. The first kappa shape index (κ1) is 10.9. The Hall–Kier alpha value is -0.170. The largest absolute Gasteiger partial charge is 0.329 e. The van der Waals surface area contributed by atoms with Crippen molar-refractivity contribution in [2.24, 2.45) is 5.73 Å². The Kier molecular flexibility index (Phi) is 4.11. The molecule has 0 amide bonds. The number of hydrogen-bond donors (Lipinski definition) is 1. The normalized spacial score (nSPS) is 20.4. The predicted octanol–water partition coefficient (Wildman–Crippen LogP) is -0.308. The van der Waals surface area contributed by atoms with E-state index in [1.54, 1.807) is 0 Å². The molecule has 5 nitrogen and oxygen atoms in total. The van der Waals surface area contributed by atoms with Gasteiger partial charge in [0.2, 0.25) is 0 Å². The van der Waals surface area contributed by atoms with Crippen molar-refractivity contribution < 1.29 is 12.7 Å². The molecule has 0 bridgehead atoms. The molecule has 0 atom stereocenters. The van der Waals surface area contributed by atoms with E-state index in [9.17, 15) is 8.42 Å². The lowest BCUT2D eigenvalue weighted by atomic mass is 10.2. The maximum Gasteiger partial charge on any atom is 0.284 e. The van der Waals surface area contributed by atoms with Gasteiger partial charge < -0.3 is 5.73 Å². The summed E-state index contributed by atoms with van der Waals surface area (Å²) in [4.78, 5) is 0. The van der Waals surface area contributed by atoms with Crippen molar-refractivity contribution in [3.8, 4) is 0 Å². The van der Waals surface area contributed by atoms with E-state index in [0.29, 0.717) is 13.1 Å². The van der Waals surface area contributed by atoms with Crippen molar-refractivity contribution in [3.63, 3.8) is 0 Å². The van der Waals surface area contributed by atoms with Gasteiger partial charge in [0, 0.05) is 19.6 Å². The maximum atomic E-state index is 11.2. The molecule has 0 saturated carbocycles. The van der Waals surface area contributed by atoms with Gasteiger partial charge in [-0.1, -0.05) is 6.42 Å². The average Bonchev–Trinajstić information content (AvgIpc) is 2.04. The monoisotopic (exact) mass is 208 g/mol. The van der Waals surface area contributed by atoms with Gasteiger partial charge in [0.15, 0.2) is 0 Å². The van der Waals surface area contributed by atoms with Crippen LogP contribution in [0.5, 0.6) is 0 Å². The summed E-state index contributed by atoms with van der Waals surface area (Å²) in [5, 5.41) is 1.51. The molecule has 0 aliphatic carbocycles. The molecule has 1 saturated heterocycles. The van der Waals surface area contributed by atoms with Crippen molar-refractivity contribution in [2.45, 2.75) is 19.3 Å². The van der Waals surface area contributed by atoms with Crippen LogP contribution < -0.4 is 5.73 Å². The highest BCUT2D eigenvalue weighted by Gasteiger charge is 2.18. The van der Waals surface area contributed by atoms with Crippen LogP contribution in [-0.2, 0) is 14.4 Å². The summed E-state index contributed by atoms with van der Waals surface area (Å²) >= 11 is 0. The second-order valence-corrected chi connectivity index (χ2v) is 4.79. The molecule has 13 heavy (non-hydrogen) atoms. The highest BCUT2D eigenvalue weighted by Crippen LogP contribution is 2.10. The average molecular weight is 208 g/mol. The van der Waals surface area contributed by atoms with Crippen LogP contribution in [0.2, 0.25) is 0 Å². The molecular formula is C7H16N2O3S. The standard InChI is InChI=1S/C7H16N2O3S/c8-4-7-13(10,11)12-9-5-2-1-3-6-9/h1-8H2.